The highest BCUT2D eigenvalue weighted by molar-refractivity contribution is 6.31. The predicted molar refractivity (Wildman–Crippen MR) is 121 cm³/mol. The van der Waals surface area contributed by atoms with Gasteiger partial charge in [-0.2, -0.15) is 5.10 Å². The number of carbonyl (C=O) groups is 2. The number of benzene rings is 1. The van der Waals surface area contributed by atoms with Gasteiger partial charge in [-0.25, -0.2) is 0 Å². The first-order valence-electron chi connectivity index (χ1n) is 10.9. The number of aryl methyl sites for hydroxylation is 1. The summed E-state index contributed by atoms with van der Waals surface area (Å²) >= 11 is 6.33. The van der Waals surface area contributed by atoms with Gasteiger partial charge in [-0.05, 0) is 56.3 Å². The highest BCUT2D eigenvalue weighted by Crippen LogP contribution is 2.39. The molecule has 1 spiro atoms. The van der Waals surface area contributed by atoms with Crippen LogP contribution in [0.3, 0.4) is 0 Å². The van der Waals surface area contributed by atoms with E-state index in [0.29, 0.717) is 5.82 Å². The van der Waals surface area contributed by atoms with E-state index in [-0.39, 0.29) is 23.9 Å². The number of carbonyl (C=O) groups excluding carboxylic acids is 2. The number of halogens is 1. The second-order valence-corrected chi connectivity index (χ2v) is 9.20. The number of amides is 2. The van der Waals surface area contributed by atoms with Crippen LogP contribution in [0.15, 0.2) is 30.5 Å². The summed E-state index contributed by atoms with van der Waals surface area (Å²) in [6.45, 7) is 7.20. The topological polar surface area (TPSA) is 70.5 Å². The van der Waals surface area contributed by atoms with E-state index in [1.165, 1.54) is 25.3 Å². The third-order valence-corrected chi connectivity index (χ3v) is 7.05. The van der Waals surface area contributed by atoms with Crippen molar-refractivity contribution in [3.05, 3.63) is 46.6 Å². The number of anilines is 1. The second kappa shape index (κ2) is 9.01. The number of aromatic nitrogens is 2. The van der Waals surface area contributed by atoms with Gasteiger partial charge in [0.25, 0.3) is 0 Å². The molecule has 1 aromatic carbocycles. The van der Waals surface area contributed by atoms with Crippen LogP contribution in [0.5, 0.6) is 0 Å². The average Bonchev–Trinajstić information content (AvgIpc) is 3.32. The lowest BCUT2D eigenvalue weighted by atomic mass is 9.84. The van der Waals surface area contributed by atoms with Crippen molar-refractivity contribution in [2.24, 2.45) is 0 Å². The Hall–Kier alpha value is -2.38. The molecule has 2 aliphatic rings. The average molecular weight is 444 g/mol. The summed E-state index contributed by atoms with van der Waals surface area (Å²) in [4.78, 5) is 28.5. The van der Waals surface area contributed by atoms with E-state index in [1.807, 2.05) is 11.8 Å². The quantitative estimate of drug-likeness (QED) is 0.768. The van der Waals surface area contributed by atoms with Crippen molar-refractivity contribution in [2.75, 3.05) is 25.0 Å². The van der Waals surface area contributed by atoms with E-state index >= 15 is 0 Å². The zero-order valence-corrected chi connectivity index (χ0v) is 19.0. The zero-order valence-electron chi connectivity index (χ0n) is 18.2. The molecule has 2 fully saturated rings. The summed E-state index contributed by atoms with van der Waals surface area (Å²) in [5.74, 6) is 0.366. The molecule has 0 unspecified atom stereocenters. The highest BCUT2D eigenvalue weighted by atomic mass is 35.5. The van der Waals surface area contributed by atoms with Gasteiger partial charge in [0, 0.05) is 49.4 Å². The minimum absolute atomic E-state index is 0.0715. The molecule has 0 radical (unpaired) electrons. The van der Waals surface area contributed by atoms with Gasteiger partial charge in [-0.3, -0.25) is 19.2 Å². The van der Waals surface area contributed by atoms with Crippen molar-refractivity contribution in [2.45, 2.75) is 58.2 Å². The number of nitrogens with one attached hydrogen (secondary N) is 1. The number of hydrogen-bond donors (Lipinski definition) is 1. The van der Waals surface area contributed by atoms with Gasteiger partial charge in [0.15, 0.2) is 5.82 Å². The van der Waals surface area contributed by atoms with E-state index in [0.717, 1.165) is 49.6 Å². The molecule has 2 saturated heterocycles. The minimum Gasteiger partial charge on any atom is -0.341 e. The van der Waals surface area contributed by atoms with Crippen LogP contribution in [0.25, 0.3) is 0 Å². The summed E-state index contributed by atoms with van der Waals surface area (Å²) in [6.07, 6.45) is 6.10. The molecule has 0 atom stereocenters. The number of hydrogen-bond acceptors (Lipinski definition) is 4. The van der Waals surface area contributed by atoms with Crippen molar-refractivity contribution in [3.63, 3.8) is 0 Å². The fourth-order valence-electron chi connectivity index (χ4n) is 4.87. The van der Waals surface area contributed by atoms with E-state index in [1.54, 1.807) is 16.9 Å². The zero-order chi connectivity index (χ0) is 22.0. The van der Waals surface area contributed by atoms with E-state index in [2.05, 4.69) is 33.5 Å². The summed E-state index contributed by atoms with van der Waals surface area (Å²) in [6, 6.07) is 8.05. The first-order valence-corrected chi connectivity index (χ1v) is 11.3. The van der Waals surface area contributed by atoms with Crippen LogP contribution in [0.4, 0.5) is 5.82 Å². The molecule has 166 valence electrons. The van der Waals surface area contributed by atoms with Crippen molar-refractivity contribution in [1.29, 1.82) is 0 Å². The molecular formula is C23H30ClN5O2. The lowest BCUT2D eigenvalue weighted by Gasteiger charge is -2.45. The third kappa shape index (κ3) is 4.93. The second-order valence-electron chi connectivity index (χ2n) is 8.79. The Morgan fingerprint density at radius 2 is 1.94 bits per heavy atom. The van der Waals surface area contributed by atoms with Crippen molar-refractivity contribution < 1.29 is 9.59 Å². The lowest BCUT2D eigenvalue weighted by molar-refractivity contribution is -0.134. The van der Waals surface area contributed by atoms with Gasteiger partial charge in [0.2, 0.25) is 11.8 Å². The minimum atomic E-state index is -0.174. The van der Waals surface area contributed by atoms with Crippen LogP contribution in [0.1, 0.15) is 43.7 Å². The Balaban J connectivity index is 1.34. The third-order valence-electron chi connectivity index (χ3n) is 6.64. The number of rotatable bonds is 5. The Bertz CT molecular complexity index is 965. The predicted octanol–water partition coefficient (Wildman–Crippen LogP) is 3.46. The molecule has 1 aromatic heterocycles. The van der Waals surface area contributed by atoms with Crippen LogP contribution in [-0.2, 0) is 22.7 Å². The number of piperidine rings is 1. The fraction of sp³-hybridized carbons (Fsp3) is 0.522. The summed E-state index contributed by atoms with van der Waals surface area (Å²) in [7, 11) is 0. The van der Waals surface area contributed by atoms with E-state index in [4.69, 9.17) is 11.6 Å². The molecule has 0 saturated carbocycles. The molecule has 2 aromatic rings. The molecule has 31 heavy (non-hydrogen) atoms. The van der Waals surface area contributed by atoms with Gasteiger partial charge in [0.1, 0.15) is 6.54 Å². The summed E-state index contributed by atoms with van der Waals surface area (Å²) in [5.41, 5.74) is 2.54. The first-order chi connectivity index (χ1) is 14.8. The maximum atomic E-state index is 12.8. The SMILES string of the molecule is CC(=O)Nc1ccn(CC(=O)N2CCC3(CCCN3Cc3ccc(C)c(Cl)c3)CC2)n1. The molecule has 0 aliphatic carbocycles. The van der Waals surface area contributed by atoms with Crippen LogP contribution >= 0.6 is 11.6 Å². The van der Waals surface area contributed by atoms with Crippen LogP contribution in [0, 0.1) is 6.92 Å². The van der Waals surface area contributed by atoms with Gasteiger partial charge >= 0.3 is 0 Å². The van der Waals surface area contributed by atoms with Crippen LogP contribution < -0.4 is 5.32 Å². The van der Waals surface area contributed by atoms with Gasteiger partial charge in [0.05, 0.1) is 0 Å². The van der Waals surface area contributed by atoms with Crippen molar-refractivity contribution >= 4 is 29.2 Å². The Labute approximate surface area is 188 Å². The van der Waals surface area contributed by atoms with E-state index in [9.17, 15) is 9.59 Å². The molecule has 2 aliphatic heterocycles. The largest absolute Gasteiger partial charge is 0.341 e. The molecule has 7 nitrogen and oxygen atoms in total. The number of nitrogens with zero attached hydrogens (tertiary/aromatic N) is 4. The molecule has 3 heterocycles. The maximum Gasteiger partial charge on any atom is 0.244 e. The molecule has 0 bridgehead atoms. The number of likely N-dealkylation sites (tertiary alicyclic amines) is 2. The van der Waals surface area contributed by atoms with Gasteiger partial charge < -0.3 is 10.2 Å². The fourth-order valence-corrected chi connectivity index (χ4v) is 5.07. The lowest BCUT2D eigenvalue weighted by Crippen LogP contribution is -2.53. The molecule has 2 amide bonds. The molecule has 1 N–H and O–H groups in total. The standard InChI is InChI=1S/C23H30ClN5O2/c1-17-4-5-19(14-20(17)24)15-28-10-3-7-23(28)8-12-27(13-9-23)22(31)16-29-11-6-21(26-29)25-18(2)30/h4-6,11,14H,3,7-10,12-13,15-16H2,1-2H3,(H,25,26,30). The van der Waals surface area contributed by atoms with Crippen molar-refractivity contribution in [3.8, 4) is 0 Å². The molecule has 8 heteroatoms. The Morgan fingerprint density at radius 1 is 1.16 bits per heavy atom. The Kier molecular flexibility index (Phi) is 6.34. The highest BCUT2D eigenvalue weighted by Gasteiger charge is 2.43. The van der Waals surface area contributed by atoms with Gasteiger partial charge in [-0.1, -0.05) is 23.7 Å². The van der Waals surface area contributed by atoms with Crippen molar-refractivity contribution in [1.82, 2.24) is 19.6 Å². The van der Waals surface area contributed by atoms with Crippen LogP contribution in [-0.4, -0.2) is 56.6 Å². The normalized spacial score (nSPS) is 18.5. The summed E-state index contributed by atoms with van der Waals surface area (Å²) < 4.78 is 1.58. The first kappa shape index (κ1) is 21.8. The van der Waals surface area contributed by atoms with Crippen LogP contribution in [0.2, 0.25) is 5.02 Å². The monoisotopic (exact) mass is 443 g/mol. The van der Waals surface area contributed by atoms with E-state index < -0.39 is 0 Å². The smallest absolute Gasteiger partial charge is 0.244 e. The molecular weight excluding hydrogens is 414 g/mol. The van der Waals surface area contributed by atoms with Gasteiger partial charge in [-0.15, -0.1) is 0 Å². The Morgan fingerprint density at radius 3 is 2.65 bits per heavy atom. The molecule has 4 rings (SSSR count). The maximum absolute atomic E-state index is 12.8. The summed E-state index contributed by atoms with van der Waals surface area (Å²) in [5, 5.41) is 7.70.